The number of aromatic nitrogens is 1. The maximum Gasteiger partial charge on any atom is 0.274 e. The lowest BCUT2D eigenvalue weighted by Gasteiger charge is -2.26. The number of halogens is 1. The third-order valence-electron chi connectivity index (χ3n) is 3.99. The molecule has 120 valence electrons. The molecule has 0 atom stereocenters. The lowest BCUT2D eigenvalue weighted by Crippen LogP contribution is -2.29. The van der Waals surface area contributed by atoms with Crippen LogP contribution < -0.4 is 5.32 Å². The van der Waals surface area contributed by atoms with E-state index >= 15 is 0 Å². The summed E-state index contributed by atoms with van der Waals surface area (Å²) in [7, 11) is 0. The molecule has 0 radical (unpaired) electrons. The number of pyridine rings is 1. The topological polar surface area (TPSA) is 45.2 Å². The van der Waals surface area contributed by atoms with Crippen LogP contribution in [-0.4, -0.2) is 28.9 Å². The second-order valence-corrected chi connectivity index (χ2v) is 6.29. The largest absolute Gasteiger partial charge is 0.321 e. The van der Waals surface area contributed by atoms with Gasteiger partial charge in [0.2, 0.25) is 0 Å². The standard InChI is InChI=1S/C18H20ClN3O/c19-15-7-8-20-17(12-15)18(23)21-16-6-4-5-14(11-16)13-22-9-2-1-3-10-22/h4-8,11-12H,1-3,9-10,13H2,(H,21,23). The molecule has 0 saturated carbocycles. The van der Waals surface area contributed by atoms with E-state index in [4.69, 9.17) is 11.6 Å². The number of rotatable bonds is 4. The van der Waals surface area contributed by atoms with E-state index in [0.29, 0.717) is 10.7 Å². The van der Waals surface area contributed by atoms with Crippen LogP contribution in [0.15, 0.2) is 42.6 Å². The third kappa shape index (κ3) is 4.53. The average Bonchev–Trinajstić information content (AvgIpc) is 2.56. The molecule has 1 aliphatic heterocycles. The second kappa shape index (κ2) is 7.57. The van der Waals surface area contributed by atoms with E-state index in [1.165, 1.54) is 31.0 Å². The van der Waals surface area contributed by atoms with Gasteiger partial charge in [-0.05, 0) is 55.8 Å². The maximum atomic E-state index is 12.2. The Morgan fingerprint density at radius 1 is 1.17 bits per heavy atom. The minimum absolute atomic E-state index is 0.248. The predicted molar refractivity (Wildman–Crippen MR) is 92.8 cm³/mol. The summed E-state index contributed by atoms with van der Waals surface area (Å²) in [5.74, 6) is -0.248. The first-order valence-corrected chi connectivity index (χ1v) is 8.33. The first-order valence-electron chi connectivity index (χ1n) is 7.95. The molecule has 1 saturated heterocycles. The highest BCUT2D eigenvalue weighted by Crippen LogP contribution is 2.17. The minimum Gasteiger partial charge on any atom is -0.321 e. The number of benzene rings is 1. The van der Waals surface area contributed by atoms with Crippen molar-refractivity contribution in [3.63, 3.8) is 0 Å². The zero-order chi connectivity index (χ0) is 16.1. The van der Waals surface area contributed by atoms with Gasteiger partial charge >= 0.3 is 0 Å². The van der Waals surface area contributed by atoms with Gasteiger partial charge in [-0.1, -0.05) is 30.2 Å². The Balaban J connectivity index is 1.66. The highest BCUT2D eigenvalue weighted by Gasteiger charge is 2.12. The minimum atomic E-state index is -0.248. The number of hydrogen-bond donors (Lipinski definition) is 1. The van der Waals surface area contributed by atoms with Crippen molar-refractivity contribution in [1.29, 1.82) is 0 Å². The molecule has 1 fully saturated rings. The lowest BCUT2D eigenvalue weighted by molar-refractivity contribution is 0.102. The molecule has 0 bridgehead atoms. The third-order valence-corrected chi connectivity index (χ3v) is 4.23. The fourth-order valence-corrected chi connectivity index (χ4v) is 3.01. The number of amides is 1. The van der Waals surface area contributed by atoms with Gasteiger partial charge in [0.25, 0.3) is 5.91 Å². The summed E-state index contributed by atoms with van der Waals surface area (Å²) in [5.41, 5.74) is 2.31. The summed E-state index contributed by atoms with van der Waals surface area (Å²) in [6, 6.07) is 11.2. The van der Waals surface area contributed by atoms with Gasteiger partial charge in [0, 0.05) is 23.5 Å². The molecule has 1 aliphatic rings. The fourth-order valence-electron chi connectivity index (χ4n) is 2.85. The number of nitrogens with one attached hydrogen (secondary N) is 1. The van der Waals surface area contributed by atoms with Crippen molar-refractivity contribution in [2.24, 2.45) is 0 Å². The van der Waals surface area contributed by atoms with Gasteiger partial charge in [-0.3, -0.25) is 14.7 Å². The Kier molecular flexibility index (Phi) is 5.26. The Hall–Kier alpha value is -1.91. The molecule has 23 heavy (non-hydrogen) atoms. The van der Waals surface area contributed by atoms with Crippen LogP contribution in [0.25, 0.3) is 0 Å². The summed E-state index contributed by atoms with van der Waals surface area (Å²) < 4.78 is 0. The van der Waals surface area contributed by atoms with E-state index in [2.05, 4.69) is 21.3 Å². The van der Waals surface area contributed by atoms with Crippen molar-refractivity contribution in [3.8, 4) is 0 Å². The molecule has 5 heteroatoms. The van der Waals surface area contributed by atoms with Gasteiger partial charge in [0.15, 0.2) is 0 Å². The van der Waals surface area contributed by atoms with E-state index in [-0.39, 0.29) is 5.91 Å². The highest BCUT2D eigenvalue weighted by atomic mass is 35.5. The van der Waals surface area contributed by atoms with Gasteiger partial charge in [0.05, 0.1) is 0 Å². The Morgan fingerprint density at radius 3 is 2.78 bits per heavy atom. The van der Waals surface area contributed by atoms with E-state index in [1.54, 1.807) is 12.1 Å². The zero-order valence-corrected chi connectivity index (χ0v) is 13.7. The van der Waals surface area contributed by atoms with Gasteiger partial charge in [-0.15, -0.1) is 0 Å². The molecule has 0 aliphatic carbocycles. The number of hydrogen-bond acceptors (Lipinski definition) is 3. The summed E-state index contributed by atoms with van der Waals surface area (Å²) in [4.78, 5) is 18.7. The van der Waals surface area contributed by atoms with E-state index in [9.17, 15) is 4.79 Å². The van der Waals surface area contributed by atoms with Crippen LogP contribution in [0.5, 0.6) is 0 Å². The second-order valence-electron chi connectivity index (χ2n) is 5.85. The van der Waals surface area contributed by atoms with Crippen LogP contribution in [0, 0.1) is 0 Å². The molecule has 1 N–H and O–H groups in total. The molecular weight excluding hydrogens is 310 g/mol. The van der Waals surface area contributed by atoms with Gasteiger partial charge in [-0.2, -0.15) is 0 Å². The Labute approximate surface area is 141 Å². The van der Waals surface area contributed by atoms with E-state index in [1.807, 2.05) is 18.2 Å². The molecule has 1 aromatic carbocycles. The van der Waals surface area contributed by atoms with Crippen LogP contribution in [0.2, 0.25) is 5.02 Å². The summed E-state index contributed by atoms with van der Waals surface area (Å²) in [6.45, 7) is 3.24. The van der Waals surface area contributed by atoms with Gasteiger partial charge < -0.3 is 5.32 Å². The smallest absolute Gasteiger partial charge is 0.274 e. The van der Waals surface area contributed by atoms with Crippen molar-refractivity contribution in [2.75, 3.05) is 18.4 Å². The first-order chi connectivity index (χ1) is 11.2. The molecule has 3 rings (SSSR count). The monoisotopic (exact) mass is 329 g/mol. The molecule has 1 amide bonds. The quantitative estimate of drug-likeness (QED) is 0.923. The summed E-state index contributed by atoms with van der Waals surface area (Å²) >= 11 is 5.90. The van der Waals surface area contributed by atoms with E-state index < -0.39 is 0 Å². The van der Waals surface area contributed by atoms with Crippen LogP contribution in [0.1, 0.15) is 35.3 Å². The van der Waals surface area contributed by atoms with Crippen LogP contribution >= 0.6 is 11.6 Å². The average molecular weight is 330 g/mol. The molecule has 2 heterocycles. The van der Waals surface area contributed by atoms with Crippen molar-refractivity contribution < 1.29 is 4.79 Å². The number of anilines is 1. The van der Waals surface area contributed by atoms with E-state index in [0.717, 1.165) is 25.3 Å². The number of piperidine rings is 1. The molecule has 1 aromatic heterocycles. The molecule has 0 unspecified atom stereocenters. The van der Waals surface area contributed by atoms with Crippen molar-refractivity contribution in [1.82, 2.24) is 9.88 Å². The normalized spacial score (nSPS) is 15.3. The Morgan fingerprint density at radius 2 is 2.00 bits per heavy atom. The number of likely N-dealkylation sites (tertiary alicyclic amines) is 1. The highest BCUT2D eigenvalue weighted by molar-refractivity contribution is 6.30. The van der Waals surface area contributed by atoms with Crippen LogP contribution in [-0.2, 0) is 6.54 Å². The number of carbonyl (C=O) groups excluding carboxylic acids is 1. The lowest BCUT2D eigenvalue weighted by atomic mass is 10.1. The Bertz CT molecular complexity index is 683. The summed E-state index contributed by atoms with van der Waals surface area (Å²) in [6.07, 6.45) is 5.41. The van der Waals surface area contributed by atoms with Crippen molar-refractivity contribution >= 4 is 23.2 Å². The summed E-state index contributed by atoms with van der Waals surface area (Å²) in [5, 5.41) is 3.39. The van der Waals surface area contributed by atoms with Crippen LogP contribution in [0.4, 0.5) is 5.69 Å². The number of nitrogens with zero attached hydrogens (tertiary/aromatic N) is 2. The van der Waals surface area contributed by atoms with Crippen LogP contribution in [0.3, 0.4) is 0 Å². The van der Waals surface area contributed by atoms with Crippen molar-refractivity contribution in [2.45, 2.75) is 25.8 Å². The van der Waals surface area contributed by atoms with Gasteiger partial charge in [0.1, 0.15) is 5.69 Å². The zero-order valence-electron chi connectivity index (χ0n) is 13.0. The predicted octanol–water partition coefficient (Wildman–Crippen LogP) is 3.97. The number of carbonyl (C=O) groups is 1. The first kappa shape index (κ1) is 16.0. The molecular formula is C18H20ClN3O. The maximum absolute atomic E-state index is 12.2. The molecule has 2 aromatic rings. The SMILES string of the molecule is O=C(Nc1cccc(CN2CCCCC2)c1)c1cc(Cl)ccn1. The van der Waals surface area contributed by atoms with Gasteiger partial charge in [-0.25, -0.2) is 0 Å². The molecule has 0 spiro atoms. The van der Waals surface area contributed by atoms with Crippen molar-refractivity contribution in [3.05, 3.63) is 58.9 Å². The fraction of sp³-hybridized carbons (Fsp3) is 0.333. The molecule has 4 nitrogen and oxygen atoms in total.